The Morgan fingerprint density at radius 3 is 2.57 bits per heavy atom. The van der Waals surface area contributed by atoms with Crippen molar-refractivity contribution >= 4 is 71.9 Å². The van der Waals surface area contributed by atoms with E-state index in [1.807, 2.05) is 22.6 Å². The van der Waals surface area contributed by atoms with Gasteiger partial charge in [-0.1, -0.05) is 22.9 Å². The first-order valence-corrected chi connectivity index (χ1v) is 8.98. The maximum atomic E-state index is 12.2. The van der Waals surface area contributed by atoms with Crippen molar-refractivity contribution in [2.24, 2.45) is 0 Å². The van der Waals surface area contributed by atoms with Crippen LogP contribution in [-0.2, 0) is 10.0 Å². The minimum absolute atomic E-state index is 0.172. The van der Waals surface area contributed by atoms with Crippen molar-refractivity contribution in [1.29, 1.82) is 0 Å². The van der Waals surface area contributed by atoms with Crippen molar-refractivity contribution < 1.29 is 13.3 Å². The molecule has 0 amide bonds. The van der Waals surface area contributed by atoms with Crippen LogP contribution < -0.4 is 10.5 Å². The SMILES string of the molecule is Nc1sc(S(=O)(=O)Nc2ccc(I)cc2Cl)cc1[N+](=O)[O-]. The summed E-state index contributed by atoms with van der Waals surface area (Å²) in [5.41, 5.74) is 5.19. The maximum Gasteiger partial charge on any atom is 0.304 e. The normalized spacial score (nSPS) is 11.3. The summed E-state index contributed by atoms with van der Waals surface area (Å²) in [4.78, 5) is 9.97. The van der Waals surface area contributed by atoms with Gasteiger partial charge in [0, 0.05) is 9.64 Å². The highest BCUT2D eigenvalue weighted by Gasteiger charge is 2.25. The molecule has 0 saturated heterocycles. The van der Waals surface area contributed by atoms with Crippen LogP contribution in [0.2, 0.25) is 5.02 Å². The third-order valence-electron chi connectivity index (χ3n) is 2.35. The number of thiophene rings is 1. The Bertz CT molecular complexity index is 822. The van der Waals surface area contributed by atoms with Gasteiger partial charge in [0.15, 0.2) is 5.00 Å². The van der Waals surface area contributed by atoms with E-state index in [1.165, 1.54) is 6.07 Å². The number of nitrogens with one attached hydrogen (secondary N) is 1. The Morgan fingerprint density at radius 1 is 1.38 bits per heavy atom. The molecule has 0 unspecified atom stereocenters. The van der Waals surface area contributed by atoms with E-state index < -0.39 is 20.6 Å². The second-order valence-electron chi connectivity index (χ2n) is 3.80. The molecule has 0 fully saturated rings. The molecule has 0 aliphatic rings. The van der Waals surface area contributed by atoms with E-state index in [9.17, 15) is 18.5 Å². The zero-order valence-electron chi connectivity index (χ0n) is 10.0. The molecule has 2 aromatic rings. The number of rotatable bonds is 4. The van der Waals surface area contributed by atoms with Crippen LogP contribution in [0.25, 0.3) is 0 Å². The molecule has 2 rings (SSSR count). The van der Waals surface area contributed by atoms with Crippen LogP contribution in [-0.4, -0.2) is 13.3 Å². The molecule has 1 aromatic carbocycles. The minimum Gasteiger partial charge on any atom is -0.385 e. The van der Waals surface area contributed by atoms with Crippen LogP contribution >= 0.6 is 45.5 Å². The topological polar surface area (TPSA) is 115 Å². The minimum atomic E-state index is -3.99. The monoisotopic (exact) mass is 459 g/mol. The summed E-state index contributed by atoms with van der Waals surface area (Å²) < 4.78 is 27.2. The van der Waals surface area contributed by atoms with Crippen LogP contribution in [0.15, 0.2) is 28.5 Å². The van der Waals surface area contributed by atoms with Crippen molar-refractivity contribution in [1.82, 2.24) is 0 Å². The number of anilines is 2. The lowest BCUT2D eigenvalue weighted by Gasteiger charge is -2.08. The molecule has 1 heterocycles. The Hall–Kier alpha value is -1.11. The summed E-state index contributed by atoms with van der Waals surface area (Å²) >= 11 is 8.60. The number of halogens is 2. The highest BCUT2D eigenvalue weighted by atomic mass is 127. The van der Waals surface area contributed by atoms with E-state index in [2.05, 4.69) is 4.72 Å². The fraction of sp³-hybridized carbons (Fsp3) is 0. The second-order valence-corrected chi connectivity index (χ2v) is 8.45. The molecule has 0 atom stereocenters. The number of benzene rings is 1. The van der Waals surface area contributed by atoms with Crippen molar-refractivity contribution in [2.75, 3.05) is 10.5 Å². The zero-order chi connectivity index (χ0) is 15.8. The molecule has 112 valence electrons. The lowest BCUT2D eigenvalue weighted by atomic mass is 10.3. The van der Waals surface area contributed by atoms with Crippen LogP contribution in [0.1, 0.15) is 0 Å². The van der Waals surface area contributed by atoms with Crippen molar-refractivity contribution in [3.05, 3.63) is 43.0 Å². The molecule has 0 saturated carbocycles. The highest BCUT2D eigenvalue weighted by Crippen LogP contribution is 2.36. The average Bonchev–Trinajstić information content (AvgIpc) is 2.76. The Morgan fingerprint density at radius 2 is 2.05 bits per heavy atom. The van der Waals surface area contributed by atoms with Gasteiger partial charge in [0.25, 0.3) is 10.0 Å². The van der Waals surface area contributed by atoms with Crippen LogP contribution in [0.5, 0.6) is 0 Å². The Labute approximate surface area is 142 Å². The van der Waals surface area contributed by atoms with Gasteiger partial charge in [-0.3, -0.25) is 14.8 Å². The van der Waals surface area contributed by atoms with Crippen LogP contribution in [0, 0.1) is 13.7 Å². The number of sulfonamides is 1. The number of nitrogens with two attached hydrogens (primary N) is 1. The molecule has 1 aromatic heterocycles. The Balaban J connectivity index is 2.38. The van der Waals surface area contributed by atoms with Gasteiger partial charge in [-0.25, -0.2) is 8.42 Å². The zero-order valence-corrected chi connectivity index (χ0v) is 14.6. The first-order chi connectivity index (χ1) is 9.70. The third kappa shape index (κ3) is 3.56. The molecule has 0 aliphatic carbocycles. The fourth-order valence-corrected chi connectivity index (χ4v) is 4.67. The first kappa shape index (κ1) is 16.3. The van der Waals surface area contributed by atoms with Gasteiger partial charge < -0.3 is 5.73 Å². The molecule has 11 heteroatoms. The molecular formula is C10H7ClIN3O4S2. The number of nitrogens with zero attached hydrogens (tertiary/aromatic N) is 1. The summed E-state index contributed by atoms with van der Waals surface area (Å²) in [6.45, 7) is 0. The smallest absolute Gasteiger partial charge is 0.304 e. The molecule has 0 aliphatic heterocycles. The lowest BCUT2D eigenvalue weighted by Crippen LogP contribution is -2.11. The summed E-state index contributed by atoms with van der Waals surface area (Å²) in [5, 5.41) is 10.8. The summed E-state index contributed by atoms with van der Waals surface area (Å²) in [6.07, 6.45) is 0. The van der Waals surface area contributed by atoms with Gasteiger partial charge in [0.1, 0.15) is 4.21 Å². The number of nitrogen functional groups attached to an aromatic ring is 1. The molecule has 0 radical (unpaired) electrons. The van der Waals surface area contributed by atoms with E-state index in [1.54, 1.807) is 12.1 Å². The quantitative estimate of drug-likeness (QED) is 0.413. The first-order valence-electron chi connectivity index (χ1n) is 5.22. The van der Waals surface area contributed by atoms with Gasteiger partial charge in [-0.15, -0.1) is 0 Å². The van der Waals surface area contributed by atoms with Gasteiger partial charge in [0.2, 0.25) is 0 Å². The summed E-state index contributed by atoms with van der Waals surface area (Å²) in [5.74, 6) is 0. The molecule has 7 nitrogen and oxygen atoms in total. The van der Waals surface area contributed by atoms with Gasteiger partial charge in [-0.05, 0) is 40.8 Å². The Kier molecular flexibility index (Phi) is 4.60. The lowest BCUT2D eigenvalue weighted by molar-refractivity contribution is -0.383. The number of hydrogen-bond donors (Lipinski definition) is 2. The fourth-order valence-electron chi connectivity index (χ4n) is 1.42. The van der Waals surface area contributed by atoms with E-state index in [0.717, 1.165) is 9.64 Å². The van der Waals surface area contributed by atoms with E-state index in [4.69, 9.17) is 17.3 Å². The number of nitro groups is 1. The predicted molar refractivity (Wildman–Crippen MR) is 90.4 cm³/mol. The summed E-state index contributed by atoms with van der Waals surface area (Å²) in [7, 11) is -3.99. The largest absolute Gasteiger partial charge is 0.385 e. The van der Waals surface area contributed by atoms with E-state index in [-0.39, 0.29) is 19.9 Å². The molecule has 0 spiro atoms. The van der Waals surface area contributed by atoms with Crippen LogP contribution in [0.3, 0.4) is 0 Å². The van der Waals surface area contributed by atoms with Crippen molar-refractivity contribution in [2.45, 2.75) is 4.21 Å². The van der Waals surface area contributed by atoms with Crippen molar-refractivity contribution in [3.8, 4) is 0 Å². The highest BCUT2D eigenvalue weighted by molar-refractivity contribution is 14.1. The predicted octanol–water partition coefficient (Wildman–Crippen LogP) is 3.30. The van der Waals surface area contributed by atoms with E-state index in [0.29, 0.717) is 11.3 Å². The van der Waals surface area contributed by atoms with E-state index >= 15 is 0 Å². The average molecular weight is 460 g/mol. The maximum absolute atomic E-state index is 12.2. The molecule has 0 bridgehead atoms. The number of hydrogen-bond acceptors (Lipinski definition) is 6. The molecule has 21 heavy (non-hydrogen) atoms. The summed E-state index contributed by atoms with van der Waals surface area (Å²) in [6, 6.07) is 5.69. The van der Waals surface area contributed by atoms with Crippen LogP contribution in [0.4, 0.5) is 16.4 Å². The van der Waals surface area contributed by atoms with Gasteiger partial charge >= 0.3 is 5.69 Å². The second kappa shape index (κ2) is 5.94. The van der Waals surface area contributed by atoms with Gasteiger partial charge in [0.05, 0.1) is 15.6 Å². The van der Waals surface area contributed by atoms with Gasteiger partial charge in [-0.2, -0.15) is 0 Å². The standard InChI is InChI=1S/C10H7ClIN3O4S2/c11-6-3-5(12)1-2-7(6)14-21(18,19)9-4-8(15(16)17)10(13)20-9/h1-4,14H,13H2. The van der Waals surface area contributed by atoms with Crippen molar-refractivity contribution in [3.63, 3.8) is 0 Å². The molecular weight excluding hydrogens is 453 g/mol. The molecule has 3 N–H and O–H groups in total. The third-order valence-corrected chi connectivity index (χ3v) is 6.13.